The van der Waals surface area contributed by atoms with Gasteiger partial charge in [-0.2, -0.15) is 5.10 Å². The topological polar surface area (TPSA) is 85.6 Å². The predicted molar refractivity (Wildman–Crippen MR) is 113 cm³/mol. The number of methoxy groups -OCH3 is 1. The average Bonchev–Trinajstić information content (AvgIpc) is 3.18. The molecule has 0 saturated carbocycles. The zero-order valence-electron chi connectivity index (χ0n) is 17.3. The van der Waals surface area contributed by atoms with E-state index in [4.69, 9.17) is 9.47 Å². The lowest BCUT2D eigenvalue weighted by molar-refractivity contribution is -0.131. The maximum atomic E-state index is 12.5. The Kier molecular flexibility index (Phi) is 5.97. The van der Waals surface area contributed by atoms with Crippen LogP contribution in [0.4, 0.5) is 5.82 Å². The van der Waals surface area contributed by atoms with Crippen molar-refractivity contribution in [2.24, 2.45) is 7.05 Å². The molecule has 1 amide bonds. The van der Waals surface area contributed by atoms with Gasteiger partial charge in [-0.1, -0.05) is 0 Å². The summed E-state index contributed by atoms with van der Waals surface area (Å²) in [6.45, 7) is 3.37. The number of piperazine rings is 1. The quantitative estimate of drug-likeness (QED) is 0.550. The molecule has 1 saturated heterocycles. The summed E-state index contributed by atoms with van der Waals surface area (Å²) in [5, 5.41) is 5.21. The first kappa shape index (κ1) is 19.9. The van der Waals surface area contributed by atoms with Crippen molar-refractivity contribution in [1.82, 2.24) is 24.6 Å². The van der Waals surface area contributed by atoms with Crippen molar-refractivity contribution in [2.45, 2.75) is 12.8 Å². The molecule has 2 aromatic heterocycles. The molecule has 3 aromatic rings. The smallest absolute Gasteiger partial charge is 0.222 e. The second kappa shape index (κ2) is 8.98. The van der Waals surface area contributed by atoms with Crippen molar-refractivity contribution in [3.8, 4) is 11.5 Å². The first-order chi connectivity index (χ1) is 14.7. The molecule has 4 rings (SSSR count). The molecule has 0 bridgehead atoms. The number of hydrogen-bond acceptors (Lipinski definition) is 7. The molecule has 1 aliphatic heterocycles. The minimum atomic E-state index is 0.169. The molecule has 1 fully saturated rings. The zero-order chi connectivity index (χ0) is 20.9. The summed E-state index contributed by atoms with van der Waals surface area (Å²) >= 11 is 0. The molecule has 0 N–H and O–H groups in total. The number of amides is 1. The van der Waals surface area contributed by atoms with Gasteiger partial charge in [-0.3, -0.25) is 9.48 Å². The highest BCUT2D eigenvalue weighted by atomic mass is 16.5. The van der Waals surface area contributed by atoms with Crippen LogP contribution in [0.1, 0.15) is 12.8 Å². The Morgan fingerprint density at radius 2 is 1.80 bits per heavy atom. The highest BCUT2D eigenvalue weighted by Gasteiger charge is 2.23. The van der Waals surface area contributed by atoms with Crippen molar-refractivity contribution in [3.63, 3.8) is 0 Å². The summed E-state index contributed by atoms with van der Waals surface area (Å²) in [5.74, 6) is 2.63. The Hall–Kier alpha value is -3.36. The van der Waals surface area contributed by atoms with Gasteiger partial charge < -0.3 is 19.3 Å². The van der Waals surface area contributed by atoms with Gasteiger partial charge in [0.15, 0.2) is 5.65 Å². The number of aryl methyl sites for hydroxylation is 1. The van der Waals surface area contributed by atoms with Gasteiger partial charge in [-0.05, 0) is 30.7 Å². The molecule has 0 aliphatic carbocycles. The van der Waals surface area contributed by atoms with Gasteiger partial charge in [0.05, 0.1) is 25.3 Å². The summed E-state index contributed by atoms with van der Waals surface area (Å²) in [4.78, 5) is 25.4. The summed E-state index contributed by atoms with van der Waals surface area (Å²) < 4.78 is 12.6. The molecule has 0 spiro atoms. The molecule has 9 nitrogen and oxygen atoms in total. The lowest BCUT2D eigenvalue weighted by atomic mass is 10.2. The van der Waals surface area contributed by atoms with Crippen molar-refractivity contribution < 1.29 is 14.3 Å². The normalized spacial score (nSPS) is 14.2. The van der Waals surface area contributed by atoms with Crippen LogP contribution < -0.4 is 14.4 Å². The van der Waals surface area contributed by atoms with Crippen molar-refractivity contribution in [2.75, 3.05) is 44.8 Å². The molecule has 30 heavy (non-hydrogen) atoms. The van der Waals surface area contributed by atoms with Gasteiger partial charge >= 0.3 is 0 Å². The number of fused-ring (bicyclic) bond motifs is 1. The van der Waals surface area contributed by atoms with Crippen molar-refractivity contribution in [1.29, 1.82) is 0 Å². The molecule has 9 heteroatoms. The maximum Gasteiger partial charge on any atom is 0.222 e. The lowest BCUT2D eigenvalue weighted by Crippen LogP contribution is -2.49. The first-order valence-electron chi connectivity index (χ1n) is 10.1. The second-order valence-electron chi connectivity index (χ2n) is 7.20. The third kappa shape index (κ3) is 4.29. The summed E-state index contributed by atoms with van der Waals surface area (Å²) in [7, 11) is 3.50. The molecule has 158 valence electrons. The summed E-state index contributed by atoms with van der Waals surface area (Å²) in [6, 6.07) is 7.45. The van der Waals surface area contributed by atoms with Gasteiger partial charge in [0, 0.05) is 39.6 Å². The average molecular weight is 410 g/mol. The van der Waals surface area contributed by atoms with E-state index in [0.29, 0.717) is 32.5 Å². The first-order valence-corrected chi connectivity index (χ1v) is 10.1. The van der Waals surface area contributed by atoms with E-state index < -0.39 is 0 Å². The van der Waals surface area contributed by atoms with Gasteiger partial charge in [0.2, 0.25) is 5.91 Å². The van der Waals surface area contributed by atoms with Crippen LogP contribution in [0.2, 0.25) is 0 Å². The molecule has 1 aromatic carbocycles. The molecular formula is C21H26N6O3. The largest absolute Gasteiger partial charge is 0.497 e. The Balaban J connectivity index is 1.23. The fourth-order valence-electron chi connectivity index (χ4n) is 3.61. The van der Waals surface area contributed by atoms with E-state index in [-0.39, 0.29) is 5.91 Å². The van der Waals surface area contributed by atoms with E-state index in [9.17, 15) is 4.79 Å². The molecule has 0 atom stereocenters. The monoisotopic (exact) mass is 410 g/mol. The zero-order valence-corrected chi connectivity index (χ0v) is 17.3. The van der Waals surface area contributed by atoms with E-state index in [2.05, 4.69) is 20.0 Å². The van der Waals surface area contributed by atoms with E-state index in [1.807, 2.05) is 36.2 Å². The number of carbonyl (C=O) groups is 1. The standard InChI is InChI=1S/C21H26N6O3/c1-25-20-18(14-24-25)21(23-15-22-20)27-11-9-26(10-12-27)19(28)4-3-13-30-17-7-5-16(29-2)6-8-17/h5-8,14-15H,3-4,9-13H2,1-2H3. The van der Waals surface area contributed by atoms with Crippen molar-refractivity contribution in [3.05, 3.63) is 36.8 Å². The Bertz CT molecular complexity index is 996. The Morgan fingerprint density at radius 3 is 2.53 bits per heavy atom. The highest BCUT2D eigenvalue weighted by Crippen LogP contribution is 2.23. The lowest BCUT2D eigenvalue weighted by Gasteiger charge is -2.35. The van der Waals surface area contributed by atoms with Crippen LogP contribution >= 0.6 is 0 Å². The fraction of sp³-hybridized carbons (Fsp3) is 0.429. The molecular weight excluding hydrogens is 384 g/mol. The molecule has 0 radical (unpaired) electrons. The fourth-order valence-corrected chi connectivity index (χ4v) is 3.61. The van der Waals surface area contributed by atoms with Crippen LogP contribution in [0.3, 0.4) is 0 Å². The number of benzene rings is 1. The maximum absolute atomic E-state index is 12.5. The molecule has 3 heterocycles. The van der Waals surface area contributed by atoms with Gasteiger partial charge in [-0.15, -0.1) is 0 Å². The number of aromatic nitrogens is 4. The van der Waals surface area contributed by atoms with Gasteiger partial charge in [0.1, 0.15) is 23.6 Å². The molecule has 0 unspecified atom stereocenters. The molecule has 1 aliphatic rings. The second-order valence-corrected chi connectivity index (χ2v) is 7.20. The number of carbonyl (C=O) groups excluding carboxylic acids is 1. The number of rotatable bonds is 7. The van der Waals surface area contributed by atoms with E-state index in [1.54, 1.807) is 24.3 Å². The minimum Gasteiger partial charge on any atom is -0.497 e. The van der Waals surface area contributed by atoms with Crippen LogP contribution in [0, 0.1) is 0 Å². The van der Waals surface area contributed by atoms with Crippen LogP contribution in [0.5, 0.6) is 11.5 Å². The van der Waals surface area contributed by atoms with Crippen LogP contribution in [-0.2, 0) is 11.8 Å². The number of nitrogens with zero attached hydrogens (tertiary/aromatic N) is 6. The SMILES string of the molecule is COc1ccc(OCCCC(=O)N2CCN(c3ncnc4c3cnn4C)CC2)cc1. The minimum absolute atomic E-state index is 0.169. The third-order valence-corrected chi connectivity index (χ3v) is 5.30. The van der Waals surface area contributed by atoms with E-state index in [0.717, 1.165) is 41.4 Å². The van der Waals surface area contributed by atoms with E-state index in [1.165, 1.54) is 0 Å². The number of anilines is 1. The Morgan fingerprint density at radius 1 is 1.07 bits per heavy atom. The van der Waals surface area contributed by atoms with E-state index >= 15 is 0 Å². The Labute approximate surface area is 175 Å². The highest BCUT2D eigenvalue weighted by molar-refractivity contribution is 5.86. The number of ether oxygens (including phenoxy) is 2. The van der Waals surface area contributed by atoms with Crippen LogP contribution in [0.15, 0.2) is 36.8 Å². The predicted octanol–water partition coefficient (Wildman–Crippen LogP) is 1.88. The number of hydrogen-bond donors (Lipinski definition) is 0. The van der Waals surface area contributed by atoms with Crippen LogP contribution in [-0.4, -0.2) is 70.5 Å². The van der Waals surface area contributed by atoms with Crippen molar-refractivity contribution >= 4 is 22.8 Å². The van der Waals surface area contributed by atoms with Gasteiger partial charge in [-0.25, -0.2) is 9.97 Å². The third-order valence-electron chi connectivity index (χ3n) is 5.30. The summed E-state index contributed by atoms with van der Waals surface area (Å²) in [5.41, 5.74) is 0.815. The summed E-state index contributed by atoms with van der Waals surface area (Å²) in [6.07, 6.45) is 4.54. The van der Waals surface area contributed by atoms with Gasteiger partial charge in [0.25, 0.3) is 0 Å². The van der Waals surface area contributed by atoms with Crippen LogP contribution in [0.25, 0.3) is 11.0 Å².